The summed E-state index contributed by atoms with van der Waals surface area (Å²) in [6.07, 6.45) is 9.66. The van der Waals surface area contributed by atoms with E-state index in [2.05, 4.69) is 91.8 Å². The maximum Gasteiger partial charge on any atom is 0.119 e. The van der Waals surface area contributed by atoms with Crippen LogP contribution in [0, 0.1) is 18.8 Å². The minimum absolute atomic E-state index is 0.0981. The van der Waals surface area contributed by atoms with E-state index in [9.17, 15) is 0 Å². The number of benzene rings is 1. The molecule has 2 heterocycles. The molecule has 4 atom stereocenters. The fourth-order valence-corrected chi connectivity index (χ4v) is 6.92. The van der Waals surface area contributed by atoms with Gasteiger partial charge in [-0.2, -0.15) is 0 Å². The summed E-state index contributed by atoms with van der Waals surface area (Å²) in [4.78, 5) is 11.8. The summed E-state index contributed by atoms with van der Waals surface area (Å²) in [5, 5.41) is 0. The predicted molar refractivity (Wildman–Crippen MR) is 161 cm³/mol. The number of hydrogen-bond acceptors (Lipinski definition) is 3. The minimum atomic E-state index is -1.11. The van der Waals surface area contributed by atoms with E-state index in [1.165, 1.54) is 11.3 Å². The molecule has 0 radical (unpaired) electrons. The molecule has 5 rings (SSSR count). The molecule has 2 saturated carbocycles. The molecule has 4 heteroatoms. The SMILES string of the molecule is C=C(C1CC1(F)CC)N(CC1CCC(CCC)(c2cccc(C)n2)C1)c1cccc(-c2ccnc(CC)c2)c1. The normalized spacial score (nSPS) is 26.0. The van der Waals surface area contributed by atoms with Crippen LogP contribution in [0.4, 0.5) is 10.1 Å². The standard InChI is InChI=1S/C35H44FN3/c1-6-17-34(33-14-9-11-25(4)38-33)18-15-27(22-34)24-39(26(5)32-23-35(32,36)8-3)31-13-10-12-28(21-31)29-16-19-37-30(7-2)20-29/h9-14,16,19-21,27,32H,5-8,15,17-18,22-24H2,1-4H3. The molecular formula is C35H44FN3. The first-order valence-electron chi connectivity index (χ1n) is 15.0. The third kappa shape index (κ3) is 5.66. The van der Waals surface area contributed by atoms with Gasteiger partial charge in [0.2, 0.25) is 0 Å². The van der Waals surface area contributed by atoms with Crippen molar-refractivity contribution in [3.63, 3.8) is 0 Å². The maximum atomic E-state index is 15.3. The van der Waals surface area contributed by atoms with E-state index in [-0.39, 0.29) is 11.3 Å². The third-order valence-electron chi connectivity index (χ3n) is 9.33. The number of aromatic nitrogens is 2. The van der Waals surface area contributed by atoms with E-state index >= 15 is 4.39 Å². The van der Waals surface area contributed by atoms with Gasteiger partial charge >= 0.3 is 0 Å². The molecule has 206 valence electrons. The summed E-state index contributed by atoms with van der Waals surface area (Å²) in [5.41, 5.74) is 6.82. The zero-order valence-electron chi connectivity index (χ0n) is 24.2. The predicted octanol–water partition coefficient (Wildman–Crippen LogP) is 9.01. The molecule has 0 bridgehead atoms. The molecule has 2 aliphatic carbocycles. The number of aryl methyl sites for hydroxylation is 2. The summed E-state index contributed by atoms with van der Waals surface area (Å²) in [7, 11) is 0. The number of hydrogen-bond donors (Lipinski definition) is 0. The van der Waals surface area contributed by atoms with Gasteiger partial charge in [0.05, 0.1) is 0 Å². The fourth-order valence-electron chi connectivity index (χ4n) is 6.92. The van der Waals surface area contributed by atoms with Crippen LogP contribution in [0.25, 0.3) is 11.1 Å². The van der Waals surface area contributed by atoms with Crippen LogP contribution in [0.5, 0.6) is 0 Å². The van der Waals surface area contributed by atoms with E-state index in [0.29, 0.717) is 18.8 Å². The van der Waals surface area contributed by atoms with Crippen molar-refractivity contribution in [3.05, 3.63) is 90.2 Å². The van der Waals surface area contributed by atoms with Gasteiger partial charge in [-0.25, -0.2) is 4.39 Å². The molecule has 0 N–H and O–H groups in total. The Bertz CT molecular complexity index is 1320. The van der Waals surface area contributed by atoms with E-state index in [4.69, 9.17) is 4.98 Å². The molecule has 4 unspecified atom stereocenters. The lowest BCUT2D eigenvalue weighted by Gasteiger charge is -2.33. The Morgan fingerprint density at radius 2 is 1.85 bits per heavy atom. The number of halogens is 1. The van der Waals surface area contributed by atoms with Crippen molar-refractivity contribution in [2.24, 2.45) is 11.8 Å². The van der Waals surface area contributed by atoms with Gasteiger partial charge in [-0.15, -0.1) is 0 Å². The van der Waals surface area contributed by atoms with E-state index in [0.717, 1.165) is 73.4 Å². The van der Waals surface area contributed by atoms with Gasteiger partial charge in [0.1, 0.15) is 5.67 Å². The van der Waals surface area contributed by atoms with Crippen LogP contribution in [-0.4, -0.2) is 22.2 Å². The summed E-state index contributed by atoms with van der Waals surface area (Å²) in [6.45, 7) is 13.8. The van der Waals surface area contributed by atoms with Crippen LogP contribution >= 0.6 is 0 Å². The highest BCUT2D eigenvalue weighted by Crippen LogP contribution is 2.55. The zero-order chi connectivity index (χ0) is 27.6. The zero-order valence-corrected chi connectivity index (χ0v) is 24.2. The van der Waals surface area contributed by atoms with Gasteiger partial charge in [0.25, 0.3) is 0 Å². The molecule has 2 aliphatic rings. The Labute approximate surface area is 234 Å². The van der Waals surface area contributed by atoms with Crippen LogP contribution in [0.2, 0.25) is 0 Å². The van der Waals surface area contributed by atoms with Crippen molar-refractivity contribution < 1.29 is 4.39 Å². The molecular weight excluding hydrogens is 481 g/mol. The molecule has 3 aromatic rings. The van der Waals surface area contributed by atoms with Crippen LogP contribution < -0.4 is 4.90 Å². The first kappa shape index (κ1) is 27.6. The monoisotopic (exact) mass is 525 g/mol. The molecule has 0 aliphatic heterocycles. The number of alkyl halides is 1. The Morgan fingerprint density at radius 3 is 2.56 bits per heavy atom. The topological polar surface area (TPSA) is 29.0 Å². The average molecular weight is 526 g/mol. The van der Waals surface area contributed by atoms with Gasteiger partial charge in [-0.3, -0.25) is 9.97 Å². The Morgan fingerprint density at radius 1 is 1.05 bits per heavy atom. The Balaban J connectivity index is 1.45. The summed E-state index contributed by atoms with van der Waals surface area (Å²) < 4.78 is 15.3. The van der Waals surface area contributed by atoms with E-state index in [1.54, 1.807) is 0 Å². The lowest BCUT2D eigenvalue weighted by Crippen LogP contribution is -2.31. The quantitative estimate of drug-likeness (QED) is 0.250. The van der Waals surface area contributed by atoms with Crippen LogP contribution in [0.1, 0.15) is 82.8 Å². The highest BCUT2D eigenvalue weighted by atomic mass is 19.1. The molecule has 1 aromatic carbocycles. The Hall–Kier alpha value is -3.01. The lowest BCUT2D eigenvalue weighted by molar-refractivity contribution is 0.280. The number of rotatable bonds is 11. The maximum absolute atomic E-state index is 15.3. The van der Waals surface area contributed by atoms with Gasteiger partial charge < -0.3 is 4.90 Å². The van der Waals surface area contributed by atoms with Crippen molar-refractivity contribution in [2.75, 3.05) is 11.4 Å². The first-order valence-corrected chi connectivity index (χ1v) is 15.0. The third-order valence-corrected chi connectivity index (χ3v) is 9.33. The van der Waals surface area contributed by atoms with Gasteiger partial charge in [-0.1, -0.05) is 52.0 Å². The van der Waals surface area contributed by atoms with Gasteiger partial charge in [0, 0.05) is 52.5 Å². The molecule has 0 spiro atoms. The fraction of sp³-hybridized carbons (Fsp3) is 0.486. The van der Waals surface area contributed by atoms with Crippen LogP contribution in [0.15, 0.2) is 73.1 Å². The first-order chi connectivity index (χ1) is 18.8. The second kappa shape index (κ2) is 11.2. The second-order valence-corrected chi connectivity index (χ2v) is 12.0. The average Bonchev–Trinajstić information content (AvgIpc) is 3.48. The van der Waals surface area contributed by atoms with Crippen molar-refractivity contribution in [3.8, 4) is 11.1 Å². The molecule has 2 fully saturated rings. The minimum Gasteiger partial charge on any atom is -0.345 e. The molecule has 0 amide bonds. The van der Waals surface area contributed by atoms with Gasteiger partial charge in [0.15, 0.2) is 0 Å². The Kier molecular flexibility index (Phi) is 7.94. The van der Waals surface area contributed by atoms with Gasteiger partial charge in [-0.05, 0) is 105 Å². The summed E-state index contributed by atoms with van der Waals surface area (Å²) >= 11 is 0. The van der Waals surface area contributed by atoms with Crippen LogP contribution in [-0.2, 0) is 11.8 Å². The van der Waals surface area contributed by atoms with E-state index in [1.807, 2.05) is 13.1 Å². The number of anilines is 1. The van der Waals surface area contributed by atoms with Crippen molar-refractivity contribution in [1.29, 1.82) is 0 Å². The summed E-state index contributed by atoms with van der Waals surface area (Å²) in [5.74, 6) is 0.403. The molecule has 2 aromatic heterocycles. The van der Waals surface area contributed by atoms with Crippen molar-refractivity contribution in [1.82, 2.24) is 9.97 Å². The number of pyridine rings is 2. The van der Waals surface area contributed by atoms with Crippen molar-refractivity contribution >= 4 is 5.69 Å². The highest BCUT2D eigenvalue weighted by Gasteiger charge is 2.56. The lowest BCUT2D eigenvalue weighted by atomic mass is 9.77. The second-order valence-electron chi connectivity index (χ2n) is 12.0. The molecule has 3 nitrogen and oxygen atoms in total. The van der Waals surface area contributed by atoms with E-state index < -0.39 is 5.67 Å². The van der Waals surface area contributed by atoms with Crippen molar-refractivity contribution in [2.45, 2.75) is 90.1 Å². The number of allylic oxidation sites excluding steroid dienone is 1. The highest BCUT2D eigenvalue weighted by molar-refractivity contribution is 5.70. The number of nitrogens with zero attached hydrogens (tertiary/aromatic N) is 3. The largest absolute Gasteiger partial charge is 0.345 e. The van der Waals surface area contributed by atoms with Crippen LogP contribution in [0.3, 0.4) is 0 Å². The summed E-state index contributed by atoms with van der Waals surface area (Å²) in [6, 6.07) is 19.4. The molecule has 0 saturated heterocycles. The smallest absolute Gasteiger partial charge is 0.119 e. The molecule has 39 heavy (non-hydrogen) atoms.